The van der Waals surface area contributed by atoms with Crippen LogP contribution in [0.1, 0.15) is 5.69 Å². The van der Waals surface area contributed by atoms with Crippen molar-refractivity contribution < 1.29 is 4.42 Å². The maximum absolute atomic E-state index is 12.3. The van der Waals surface area contributed by atoms with E-state index >= 15 is 0 Å². The number of aryl methyl sites for hydroxylation is 1. The average molecular weight is 314 g/mol. The number of thiazole rings is 1. The molecule has 0 radical (unpaired) electrons. The highest BCUT2D eigenvalue weighted by atomic mass is 32.1. The molecule has 0 unspecified atom stereocenters. The van der Waals surface area contributed by atoms with Crippen molar-refractivity contribution in [2.24, 2.45) is 7.05 Å². The molecule has 0 aliphatic heterocycles. The highest BCUT2D eigenvalue weighted by Crippen LogP contribution is 2.24. The maximum Gasteiger partial charge on any atom is 0.281 e. The molecular formula is C13H10N6O2S. The first kappa shape index (κ1) is 12.9. The molecular weight excluding hydrogens is 304 g/mol. The van der Waals surface area contributed by atoms with Crippen molar-refractivity contribution in [3.8, 4) is 10.8 Å². The second kappa shape index (κ2) is 4.88. The van der Waals surface area contributed by atoms with E-state index in [4.69, 9.17) is 4.42 Å². The molecule has 0 atom stereocenters. The van der Waals surface area contributed by atoms with Gasteiger partial charge in [-0.05, 0) is 12.1 Å². The number of furan rings is 1. The quantitative estimate of drug-likeness (QED) is 0.566. The van der Waals surface area contributed by atoms with Gasteiger partial charge in [0.25, 0.3) is 5.56 Å². The molecule has 4 rings (SSSR count). The van der Waals surface area contributed by atoms with Gasteiger partial charge in [0.15, 0.2) is 16.4 Å². The number of aromatic nitrogens is 6. The third-order valence-electron chi connectivity index (χ3n) is 3.22. The lowest BCUT2D eigenvalue weighted by Crippen LogP contribution is -2.24. The van der Waals surface area contributed by atoms with Gasteiger partial charge >= 0.3 is 0 Å². The third kappa shape index (κ3) is 2.02. The van der Waals surface area contributed by atoms with Crippen LogP contribution in [0, 0.1) is 0 Å². The van der Waals surface area contributed by atoms with Gasteiger partial charge in [0.2, 0.25) is 0 Å². The largest absolute Gasteiger partial charge is 0.462 e. The minimum Gasteiger partial charge on any atom is -0.462 e. The minimum atomic E-state index is -0.231. The molecule has 110 valence electrons. The van der Waals surface area contributed by atoms with Gasteiger partial charge in [-0.1, -0.05) is 5.21 Å². The Morgan fingerprint density at radius 1 is 1.41 bits per heavy atom. The molecule has 0 amide bonds. The zero-order valence-electron chi connectivity index (χ0n) is 11.5. The van der Waals surface area contributed by atoms with Crippen molar-refractivity contribution in [1.82, 2.24) is 29.8 Å². The molecule has 0 saturated heterocycles. The molecule has 0 saturated carbocycles. The number of hydrogen-bond donors (Lipinski definition) is 0. The molecule has 0 spiro atoms. The summed E-state index contributed by atoms with van der Waals surface area (Å²) >= 11 is 1.46. The SMILES string of the molecule is Cn1ncc2c(=O)n(Cc3csc(-c4ccco4)n3)nnc21. The molecule has 0 aliphatic rings. The average Bonchev–Trinajstić information content (AvgIpc) is 3.23. The molecule has 0 bridgehead atoms. The van der Waals surface area contributed by atoms with Gasteiger partial charge in [-0.2, -0.15) is 5.10 Å². The first-order valence-electron chi connectivity index (χ1n) is 6.46. The maximum atomic E-state index is 12.3. The van der Waals surface area contributed by atoms with Crippen LogP contribution in [0.3, 0.4) is 0 Å². The number of nitrogens with zero attached hydrogens (tertiary/aromatic N) is 6. The van der Waals surface area contributed by atoms with Gasteiger partial charge in [-0.25, -0.2) is 14.3 Å². The summed E-state index contributed by atoms with van der Waals surface area (Å²) in [6, 6.07) is 3.65. The van der Waals surface area contributed by atoms with Crippen LogP contribution in [0.2, 0.25) is 0 Å². The Hall–Kier alpha value is -2.81. The second-order valence-corrected chi connectivity index (χ2v) is 5.54. The summed E-state index contributed by atoms with van der Waals surface area (Å²) in [5.74, 6) is 0.706. The van der Waals surface area contributed by atoms with E-state index in [2.05, 4.69) is 20.4 Å². The third-order valence-corrected chi connectivity index (χ3v) is 4.12. The van der Waals surface area contributed by atoms with E-state index in [9.17, 15) is 4.79 Å². The minimum absolute atomic E-state index is 0.231. The van der Waals surface area contributed by atoms with Crippen LogP contribution in [-0.4, -0.2) is 29.8 Å². The highest BCUT2D eigenvalue weighted by molar-refractivity contribution is 7.13. The van der Waals surface area contributed by atoms with Gasteiger partial charge < -0.3 is 4.42 Å². The van der Waals surface area contributed by atoms with Gasteiger partial charge in [0.05, 0.1) is 24.7 Å². The van der Waals surface area contributed by atoms with Crippen molar-refractivity contribution in [1.29, 1.82) is 0 Å². The molecule has 8 nitrogen and oxygen atoms in total. The van der Waals surface area contributed by atoms with Gasteiger partial charge in [-0.3, -0.25) is 4.79 Å². The van der Waals surface area contributed by atoms with Gasteiger partial charge in [0, 0.05) is 12.4 Å². The van der Waals surface area contributed by atoms with Crippen LogP contribution in [0.15, 0.2) is 39.2 Å². The first-order chi connectivity index (χ1) is 10.7. The predicted octanol–water partition coefficient (Wildman–Crippen LogP) is 1.29. The van der Waals surface area contributed by atoms with E-state index in [-0.39, 0.29) is 12.1 Å². The van der Waals surface area contributed by atoms with Crippen LogP contribution in [0.4, 0.5) is 0 Å². The number of fused-ring (bicyclic) bond motifs is 1. The summed E-state index contributed by atoms with van der Waals surface area (Å²) in [5, 5.41) is 15.1. The van der Waals surface area contributed by atoms with E-state index in [0.29, 0.717) is 16.8 Å². The molecule has 0 aliphatic carbocycles. The fraction of sp³-hybridized carbons (Fsp3) is 0.154. The Kier molecular flexibility index (Phi) is 2.86. The van der Waals surface area contributed by atoms with E-state index in [1.54, 1.807) is 13.3 Å². The Morgan fingerprint density at radius 2 is 2.32 bits per heavy atom. The van der Waals surface area contributed by atoms with E-state index in [1.807, 2.05) is 17.5 Å². The lowest BCUT2D eigenvalue weighted by molar-refractivity contribution is 0.577. The van der Waals surface area contributed by atoms with Crippen molar-refractivity contribution >= 4 is 22.4 Å². The van der Waals surface area contributed by atoms with Gasteiger partial charge in [-0.15, -0.1) is 16.4 Å². The van der Waals surface area contributed by atoms with Crippen LogP contribution in [-0.2, 0) is 13.6 Å². The summed E-state index contributed by atoms with van der Waals surface area (Å²) in [5.41, 5.74) is 0.970. The van der Waals surface area contributed by atoms with Crippen molar-refractivity contribution in [3.05, 3.63) is 46.0 Å². The molecule has 9 heteroatoms. The summed E-state index contributed by atoms with van der Waals surface area (Å²) in [6.07, 6.45) is 3.10. The normalized spacial score (nSPS) is 11.3. The zero-order chi connectivity index (χ0) is 15.1. The van der Waals surface area contributed by atoms with E-state index in [1.165, 1.54) is 26.9 Å². The topological polar surface area (TPSA) is 91.6 Å². The summed E-state index contributed by atoms with van der Waals surface area (Å²) < 4.78 is 8.11. The molecule has 22 heavy (non-hydrogen) atoms. The Morgan fingerprint density at radius 3 is 3.14 bits per heavy atom. The van der Waals surface area contributed by atoms with Gasteiger partial charge in [0.1, 0.15) is 5.39 Å². The number of hydrogen-bond acceptors (Lipinski definition) is 7. The van der Waals surface area contributed by atoms with Crippen molar-refractivity contribution in [2.75, 3.05) is 0 Å². The monoisotopic (exact) mass is 314 g/mol. The van der Waals surface area contributed by atoms with E-state index in [0.717, 1.165) is 10.7 Å². The molecule has 0 aromatic carbocycles. The lowest BCUT2D eigenvalue weighted by Gasteiger charge is -2.00. The molecule has 0 N–H and O–H groups in total. The molecule has 4 aromatic rings. The Balaban J connectivity index is 1.69. The fourth-order valence-electron chi connectivity index (χ4n) is 2.13. The molecule has 0 fully saturated rings. The fourth-order valence-corrected chi connectivity index (χ4v) is 2.90. The standard InChI is InChI=1S/C13H10N6O2S/c1-18-11-9(5-14-18)13(20)19(17-16-11)6-8-7-22-12(15-8)10-3-2-4-21-10/h2-5,7H,6H2,1H3. The highest BCUT2D eigenvalue weighted by Gasteiger charge is 2.12. The summed E-state index contributed by atoms with van der Waals surface area (Å²) in [6.45, 7) is 0.258. The van der Waals surface area contributed by atoms with Crippen LogP contribution >= 0.6 is 11.3 Å². The zero-order valence-corrected chi connectivity index (χ0v) is 12.3. The summed E-state index contributed by atoms with van der Waals surface area (Å²) in [7, 11) is 1.72. The molecule has 4 aromatic heterocycles. The van der Waals surface area contributed by atoms with Crippen LogP contribution in [0.25, 0.3) is 21.8 Å². The van der Waals surface area contributed by atoms with Crippen LogP contribution in [0.5, 0.6) is 0 Å². The summed E-state index contributed by atoms with van der Waals surface area (Å²) in [4.78, 5) is 16.8. The smallest absolute Gasteiger partial charge is 0.281 e. The lowest BCUT2D eigenvalue weighted by atomic mass is 10.4. The van der Waals surface area contributed by atoms with E-state index < -0.39 is 0 Å². The predicted molar refractivity (Wildman–Crippen MR) is 79.5 cm³/mol. The van der Waals surface area contributed by atoms with Crippen molar-refractivity contribution in [3.63, 3.8) is 0 Å². The Bertz CT molecular complexity index is 997. The first-order valence-corrected chi connectivity index (χ1v) is 7.34. The van der Waals surface area contributed by atoms with Crippen LogP contribution < -0.4 is 5.56 Å². The Labute approximate surface area is 127 Å². The van der Waals surface area contributed by atoms with Crippen molar-refractivity contribution in [2.45, 2.75) is 6.54 Å². The molecule has 4 heterocycles. The second-order valence-electron chi connectivity index (χ2n) is 4.68. The number of rotatable bonds is 3.